The molecule has 10 heteroatoms. The Balaban J connectivity index is 1.32. The molecule has 0 aliphatic carbocycles. The van der Waals surface area contributed by atoms with Gasteiger partial charge < -0.3 is 15.0 Å². The summed E-state index contributed by atoms with van der Waals surface area (Å²) < 4.78 is 32.9. The Morgan fingerprint density at radius 2 is 1.74 bits per heavy atom. The predicted octanol–water partition coefficient (Wildman–Crippen LogP) is 4.51. The molecule has 1 atom stereocenters. The molecule has 3 aromatic rings. The smallest absolute Gasteiger partial charge is 0.255 e. The zero-order valence-electron chi connectivity index (χ0n) is 21.0. The number of carbonyl (C=O) groups is 2. The van der Waals surface area contributed by atoms with Crippen LogP contribution in [0.25, 0.3) is 0 Å². The van der Waals surface area contributed by atoms with Crippen LogP contribution in [0, 0.1) is 0 Å². The fourth-order valence-electron chi connectivity index (χ4n) is 4.70. The van der Waals surface area contributed by atoms with Crippen molar-refractivity contribution in [2.24, 2.45) is 0 Å². The molecule has 0 radical (unpaired) electrons. The van der Waals surface area contributed by atoms with Crippen molar-refractivity contribution in [1.82, 2.24) is 9.21 Å². The van der Waals surface area contributed by atoms with Gasteiger partial charge in [-0.05, 0) is 54.3 Å². The molecule has 3 aromatic carbocycles. The Morgan fingerprint density at radius 3 is 2.42 bits per heavy atom. The predicted molar refractivity (Wildman–Crippen MR) is 148 cm³/mol. The Bertz CT molecular complexity index is 1420. The molecule has 5 rings (SSSR count). The van der Waals surface area contributed by atoms with Gasteiger partial charge >= 0.3 is 0 Å². The number of rotatable bonds is 8. The van der Waals surface area contributed by atoms with Crippen molar-refractivity contribution < 1.29 is 22.7 Å². The summed E-state index contributed by atoms with van der Waals surface area (Å²) in [7, 11) is -2.17. The van der Waals surface area contributed by atoms with Gasteiger partial charge in [0.05, 0.1) is 23.4 Å². The quantitative estimate of drug-likeness (QED) is 0.443. The second-order valence-corrected chi connectivity index (χ2v) is 12.2. The first-order chi connectivity index (χ1) is 18.4. The van der Waals surface area contributed by atoms with Gasteiger partial charge in [0.1, 0.15) is 11.1 Å². The molecule has 2 fully saturated rings. The molecule has 0 spiro atoms. The van der Waals surface area contributed by atoms with Crippen LogP contribution >= 0.6 is 11.8 Å². The van der Waals surface area contributed by atoms with Crippen LogP contribution in [0.2, 0.25) is 0 Å². The summed E-state index contributed by atoms with van der Waals surface area (Å²) in [5, 5.41) is 2.67. The molecule has 2 aliphatic rings. The molecule has 2 amide bonds. The third-order valence-electron chi connectivity index (χ3n) is 6.74. The van der Waals surface area contributed by atoms with Crippen LogP contribution in [-0.4, -0.2) is 55.4 Å². The van der Waals surface area contributed by atoms with Gasteiger partial charge in [0.15, 0.2) is 0 Å². The molecule has 2 heterocycles. The fraction of sp³-hybridized carbons (Fsp3) is 0.286. The lowest BCUT2D eigenvalue weighted by atomic mass is 10.1. The lowest BCUT2D eigenvalue weighted by Gasteiger charge is -2.24. The second-order valence-electron chi connectivity index (χ2n) is 9.22. The van der Waals surface area contributed by atoms with Gasteiger partial charge in [0.2, 0.25) is 15.9 Å². The average molecular weight is 552 g/mol. The zero-order valence-corrected chi connectivity index (χ0v) is 22.6. The Hall–Kier alpha value is -3.34. The van der Waals surface area contributed by atoms with E-state index in [0.717, 1.165) is 24.0 Å². The fourth-order valence-corrected chi connectivity index (χ4v) is 7.43. The number of amides is 2. The van der Waals surface area contributed by atoms with Gasteiger partial charge in [-0.3, -0.25) is 9.59 Å². The maximum Gasteiger partial charge on any atom is 0.255 e. The molecule has 1 N–H and O–H groups in total. The number of benzene rings is 3. The van der Waals surface area contributed by atoms with Crippen molar-refractivity contribution in [3.8, 4) is 5.75 Å². The van der Waals surface area contributed by atoms with E-state index in [-0.39, 0.29) is 27.8 Å². The molecular formula is C28H29N3O5S2. The number of sulfonamides is 1. The summed E-state index contributed by atoms with van der Waals surface area (Å²) in [6, 6.07) is 21.5. The van der Waals surface area contributed by atoms with E-state index >= 15 is 0 Å². The lowest BCUT2D eigenvalue weighted by Crippen LogP contribution is -2.28. The molecule has 2 aliphatic heterocycles. The van der Waals surface area contributed by atoms with Crippen LogP contribution in [0.3, 0.4) is 0 Å². The van der Waals surface area contributed by atoms with Crippen LogP contribution < -0.4 is 10.1 Å². The maximum atomic E-state index is 13.1. The first-order valence-electron chi connectivity index (χ1n) is 12.4. The van der Waals surface area contributed by atoms with E-state index < -0.39 is 10.0 Å². The van der Waals surface area contributed by atoms with Gasteiger partial charge in [-0.15, -0.1) is 11.8 Å². The molecule has 2 saturated heterocycles. The van der Waals surface area contributed by atoms with Crippen molar-refractivity contribution in [2.45, 2.75) is 29.7 Å². The second kappa shape index (κ2) is 11.2. The number of hydrogen-bond donors (Lipinski definition) is 1. The number of methoxy groups -OCH3 is 1. The molecule has 198 valence electrons. The van der Waals surface area contributed by atoms with Crippen molar-refractivity contribution in [1.29, 1.82) is 0 Å². The zero-order chi connectivity index (χ0) is 26.7. The molecule has 0 unspecified atom stereocenters. The molecule has 38 heavy (non-hydrogen) atoms. The number of nitrogens with zero attached hydrogens (tertiary/aromatic N) is 2. The largest absolute Gasteiger partial charge is 0.495 e. The number of ether oxygens (including phenoxy) is 1. The van der Waals surface area contributed by atoms with Crippen molar-refractivity contribution >= 4 is 39.3 Å². The molecular weight excluding hydrogens is 522 g/mol. The highest BCUT2D eigenvalue weighted by atomic mass is 32.2. The third kappa shape index (κ3) is 5.43. The van der Waals surface area contributed by atoms with Gasteiger partial charge in [-0.1, -0.05) is 42.5 Å². The highest BCUT2D eigenvalue weighted by Crippen LogP contribution is 2.39. The summed E-state index contributed by atoms with van der Waals surface area (Å²) in [4.78, 5) is 27.6. The lowest BCUT2D eigenvalue weighted by molar-refractivity contribution is -0.128. The Morgan fingerprint density at radius 1 is 1.03 bits per heavy atom. The van der Waals surface area contributed by atoms with Crippen molar-refractivity contribution in [3.05, 3.63) is 89.5 Å². The molecule has 0 saturated carbocycles. The SMILES string of the molecule is COc1ccc(S(=O)(=O)N2CCCC2)cc1NC(=O)c1ccc([C@@H]2SCC(=O)N2Cc2ccccc2)cc1. The minimum absolute atomic E-state index is 0.0848. The van der Waals surface area contributed by atoms with E-state index in [9.17, 15) is 18.0 Å². The van der Waals surface area contributed by atoms with E-state index in [0.29, 0.717) is 36.7 Å². The van der Waals surface area contributed by atoms with Crippen molar-refractivity contribution in [2.75, 3.05) is 31.3 Å². The topological polar surface area (TPSA) is 96.0 Å². The monoisotopic (exact) mass is 551 g/mol. The maximum absolute atomic E-state index is 13.1. The molecule has 0 aromatic heterocycles. The Kier molecular flexibility index (Phi) is 7.73. The average Bonchev–Trinajstić information content (AvgIpc) is 3.61. The first kappa shape index (κ1) is 26.3. The summed E-state index contributed by atoms with van der Waals surface area (Å²) in [6.45, 7) is 1.52. The van der Waals surface area contributed by atoms with E-state index in [1.807, 2.05) is 47.4 Å². The molecule has 8 nitrogen and oxygen atoms in total. The summed E-state index contributed by atoms with van der Waals surface area (Å²) >= 11 is 1.57. The number of anilines is 1. The van der Waals surface area contributed by atoms with Gasteiger partial charge in [0, 0.05) is 25.2 Å². The number of thioether (sulfide) groups is 1. The van der Waals surface area contributed by atoms with E-state index in [4.69, 9.17) is 4.74 Å². The van der Waals surface area contributed by atoms with Crippen molar-refractivity contribution in [3.63, 3.8) is 0 Å². The standard InChI is InChI=1S/C28H29N3O5S2/c1-36-25-14-13-23(38(34,35)30-15-5-6-16-30)17-24(25)29-27(33)21-9-11-22(12-10-21)28-31(26(32)19-37-28)18-20-7-3-2-4-8-20/h2-4,7-14,17,28H,5-6,15-16,18-19H2,1H3,(H,29,33)/t28-/m0/s1. The van der Waals surface area contributed by atoms with E-state index in [1.54, 1.807) is 30.0 Å². The van der Waals surface area contributed by atoms with Crippen LogP contribution in [0.1, 0.15) is 39.7 Å². The molecule has 0 bridgehead atoms. The summed E-state index contributed by atoms with van der Waals surface area (Å²) in [5.41, 5.74) is 2.69. The number of hydrogen-bond acceptors (Lipinski definition) is 6. The number of carbonyl (C=O) groups excluding carboxylic acids is 2. The number of nitrogens with one attached hydrogen (secondary N) is 1. The highest BCUT2D eigenvalue weighted by Gasteiger charge is 2.33. The van der Waals surface area contributed by atoms with Gasteiger partial charge in [-0.25, -0.2) is 8.42 Å². The normalized spacial score (nSPS) is 18.1. The van der Waals surface area contributed by atoms with Gasteiger partial charge in [0.25, 0.3) is 5.91 Å². The van der Waals surface area contributed by atoms with Crippen LogP contribution in [0.5, 0.6) is 5.75 Å². The van der Waals surface area contributed by atoms with Crippen LogP contribution in [0.4, 0.5) is 5.69 Å². The summed E-state index contributed by atoms with van der Waals surface area (Å²) in [5.74, 6) is 0.479. The first-order valence-corrected chi connectivity index (χ1v) is 14.9. The van der Waals surface area contributed by atoms with E-state index in [1.165, 1.54) is 23.5 Å². The van der Waals surface area contributed by atoms with Gasteiger partial charge in [-0.2, -0.15) is 4.31 Å². The van der Waals surface area contributed by atoms with Crippen LogP contribution in [-0.2, 0) is 21.4 Å². The van der Waals surface area contributed by atoms with Crippen LogP contribution in [0.15, 0.2) is 77.7 Å². The third-order valence-corrected chi connectivity index (χ3v) is 9.89. The highest BCUT2D eigenvalue weighted by molar-refractivity contribution is 8.00. The Labute approximate surface area is 227 Å². The van der Waals surface area contributed by atoms with E-state index in [2.05, 4.69) is 5.32 Å². The minimum atomic E-state index is -3.64. The summed E-state index contributed by atoms with van der Waals surface area (Å²) in [6.07, 6.45) is 1.68. The minimum Gasteiger partial charge on any atom is -0.495 e.